The molecule has 6 aromatic heterocycles. The fourth-order valence-corrected chi connectivity index (χ4v) is 17.3. The summed E-state index contributed by atoms with van der Waals surface area (Å²) < 4.78 is 9.42. The fraction of sp³-hybridized carbons (Fsp3) is 0. The Kier molecular flexibility index (Phi) is 17.0. The van der Waals surface area contributed by atoms with Crippen molar-refractivity contribution in [2.24, 2.45) is 0 Å². The topological polar surface area (TPSA) is 97.1 Å². The maximum absolute atomic E-state index is 5.38. The second kappa shape index (κ2) is 29.2. The first-order valence-electron chi connectivity index (χ1n) is 39.8. The van der Waals surface area contributed by atoms with Crippen LogP contribution in [0.25, 0.3) is 212 Å². The van der Waals surface area contributed by atoms with E-state index in [4.69, 9.17) is 29.9 Å². The van der Waals surface area contributed by atoms with Gasteiger partial charge in [-0.05, 0) is 105 Å². The predicted octanol–water partition coefficient (Wildman–Crippen LogP) is 27.1. The van der Waals surface area contributed by atoms with Crippen molar-refractivity contribution in [2.75, 3.05) is 0 Å². The van der Waals surface area contributed by atoms with E-state index in [1.54, 1.807) is 0 Å². The number of benzene rings is 17. The van der Waals surface area contributed by atoms with Gasteiger partial charge in [0, 0.05) is 76.6 Å². The van der Waals surface area contributed by atoms with E-state index in [2.05, 4.69) is 382 Å². The van der Waals surface area contributed by atoms with Gasteiger partial charge in [0.15, 0.2) is 23.3 Å². The number of hydrogen-bond donors (Lipinski definition) is 0. The maximum atomic E-state index is 5.38. The smallest absolute Gasteiger partial charge is 0.238 e. The van der Waals surface area contributed by atoms with Gasteiger partial charge < -0.3 is 9.13 Å². The molecular weight excluding hydrogens is 1440 g/mol. The van der Waals surface area contributed by atoms with E-state index in [1.165, 1.54) is 27.5 Å². The zero-order valence-electron chi connectivity index (χ0n) is 63.9. The van der Waals surface area contributed by atoms with Gasteiger partial charge in [-0.2, -0.15) is 19.9 Å². The number of para-hydroxylation sites is 4. The summed E-state index contributed by atoms with van der Waals surface area (Å²) in [6.07, 6.45) is 0. The summed E-state index contributed by atoms with van der Waals surface area (Å²) in [5.74, 6) is 3.58. The average molecular weight is 1510 g/mol. The number of hydrogen-bond acceptors (Lipinski definition) is 6. The van der Waals surface area contributed by atoms with Gasteiger partial charge in [-0.1, -0.05) is 370 Å². The molecule has 0 saturated carbocycles. The van der Waals surface area contributed by atoms with E-state index < -0.39 is 0 Å². The average Bonchev–Trinajstić information content (AvgIpc) is 1.56. The van der Waals surface area contributed by atoms with Crippen LogP contribution < -0.4 is 0 Å². The zero-order valence-corrected chi connectivity index (χ0v) is 63.9. The number of fused-ring (bicyclic) bond motifs is 14. The first-order chi connectivity index (χ1) is 58.5. The molecule has 0 bridgehead atoms. The lowest BCUT2D eigenvalue weighted by molar-refractivity contribution is 0.953. The SMILES string of the molecule is c1ccc(-c2cc(-c3ccccc3)cc(-n3c4ccccc4c4ccc5c6ccccc6n(-c6nc(-c7ccccc7)nc(-c7ccccc7)n6)c5c43)c2)cc1.c1ccc(-c2ccc(-c3nc(-c4ccccc4)nc(-n4c5ccccc5c5ccc6c7ccccc7n(-c7ccc(-c8ccccc8)cc7-c7ccccc7)c6c54)n3)cc2)cc1. The molecule has 23 rings (SSSR count). The molecule has 0 fully saturated rings. The molecule has 0 aliphatic heterocycles. The largest absolute Gasteiger partial charge is 0.307 e. The molecule has 17 aromatic carbocycles. The minimum atomic E-state index is 0.555. The third kappa shape index (κ3) is 12.1. The number of aromatic nitrogens is 10. The lowest BCUT2D eigenvalue weighted by atomic mass is 9.97. The lowest BCUT2D eigenvalue weighted by Gasteiger charge is -2.17. The van der Waals surface area contributed by atoms with E-state index in [0.717, 1.165) is 149 Å². The molecule has 0 amide bonds. The Balaban J connectivity index is 0.000000143. The van der Waals surface area contributed by atoms with Crippen molar-refractivity contribution in [1.29, 1.82) is 0 Å². The fourth-order valence-electron chi connectivity index (χ4n) is 17.3. The first kappa shape index (κ1) is 68.7. The van der Waals surface area contributed by atoms with Crippen LogP contribution in [0.1, 0.15) is 0 Å². The summed E-state index contributed by atoms with van der Waals surface area (Å²) >= 11 is 0. The van der Waals surface area contributed by atoms with Crippen LogP contribution in [0.4, 0.5) is 0 Å². The third-order valence-electron chi connectivity index (χ3n) is 22.8. The predicted molar refractivity (Wildman–Crippen MR) is 486 cm³/mol. The number of nitrogens with zero attached hydrogens (tertiary/aromatic N) is 10. The lowest BCUT2D eigenvalue weighted by Crippen LogP contribution is -2.07. The molecule has 118 heavy (non-hydrogen) atoms. The highest BCUT2D eigenvalue weighted by Gasteiger charge is 2.28. The summed E-state index contributed by atoms with van der Waals surface area (Å²) in [6, 6.07) is 150. The highest BCUT2D eigenvalue weighted by molar-refractivity contribution is 6.25. The van der Waals surface area contributed by atoms with E-state index >= 15 is 0 Å². The van der Waals surface area contributed by atoms with E-state index in [0.29, 0.717) is 35.2 Å². The highest BCUT2D eigenvalue weighted by Crippen LogP contribution is 2.47. The minimum Gasteiger partial charge on any atom is -0.307 e. The standard InChI is InChI=1S/C57H37N5.C51H33N5/c1-5-17-38(18-6-1)40-29-31-43(32-30-40)56-58-55(42-23-11-4-12-24-42)59-57(60-56)62-51-28-16-14-26-46(51)48-35-34-47-45-25-13-15-27-50(45)61(53(47)54(48)62)52-36-33-44(39-19-7-2-8-20-39)37-49(52)41-21-9-3-10-22-41;1-5-17-34(18-6-1)38-31-39(35-19-7-2-8-20-35)33-40(32-38)55-45-27-15-13-25-41(45)43-29-30-44-42-26-14-16-28-46(42)56(48(44)47(43)55)51-53-49(36-21-9-3-10-22-36)52-50(54-51)37-23-11-4-12-24-37/h1-37H;1-33H. The van der Waals surface area contributed by atoms with Gasteiger partial charge in [0.05, 0.1) is 49.8 Å². The van der Waals surface area contributed by atoms with E-state index in [-0.39, 0.29) is 0 Å². The first-order valence-corrected chi connectivity index (χ1v) is 39.8. The zero-order chi connectivity index (χ0) is 78.0. The van der Waals surface area contributed by atoms with E-state index in [9.17, 15) is 0 Å². The molecule has 0 spiro atoms. The molecule has 23 aromatic rings. The van der Waals surface area contributed by atoms with Crippen molar-refractivity contribution in [3.8, 4) is 124 Å². The van der Waals surface area contributed by atoms with Crippen LogP contribution in [0.5, 0.6) is 0 Å². The molecule has 0 aliphatic rings. The Hall–Kier alpha value is -16.0. The van der Waals surface area contributed by atoms with Crippen LogP contribution in [-0.2, 0) is 0 Å². The number of rotatable bonds is 13. The molecule has 0 unspecified atom stereocenters. The Morgan fingerprint density at radius 2 is 0.407 bits per heavy atom. The molecular formula is C108H70N10. The summed E-state index contributed by atoms with van der Waals surface area (Å²) in [5.41, 5.74) is 25.9. The molecule has 6 heterocycles. The quantitative estimate of drug-likeness (QED) is 0.114. The molecule has 552 valence electrons. The van der Waals surface area contributed by atoms with Gasteiger partial charge in [-0.25, -0.2) is 9.97 Å². The molecule has 0 aliphatic carbocycles. The molecule has 10 heteroatoms. The summed E-state index contributed by atoms with van der Waals surface area (Å²) in [5, 5.41) is 9.16. The van der Waals surface area contributed by atoms with Gasteiger partial charge in [-0.15, -0.1) is 0 Å². The molecule has 0 radical (unpaired) electrons. The van der Waals surface area contributed by atoms with Crippen molar-refractivity contribution >= 4 is 87.2 Å². The Morgan fingerprint density at radius 3 is 0.780 bits per heavy atom. The molecule has 10 nitrogen and oxygen atoms in total. The van der Waals surface area contributed by atoms with Crippen molar-refractivity contribution in [3.63, 3.8) is 0 Å². The third-order valence-corrected chi connectivity index (χ3v) is 22.8. The molecule has 0 atom stereocenters. The second-order valence-corrected chi connectivity index (χ2v) is 29.7. The van der Waals surface area contributed by atoms with Crippen molar-refractivity contribution < 1.29 is 0 Å². The van der Waals surface area contributed by atoms with Crippen LogP contribution in [0.15, 0.2) is 425 Å². The molecule has 0 N–H and O–H groups in total. The van der Waals surface area contributed by atoms with Gasteiger partial charge in [0.25, 0.3) is 0 Å². The normalized spacial score (nSPS) is 11.6. The summed E-state index contributed by atoms with van der Waals surface area (Å²) in [4.78, 5) is 31.5. The van der Waals surface area contributed by atoms with Crippen LogP contribution in [0.3, 0.4) is 0 Å². The van der Waals surface area contributed by atoms with Crippen molar-refractivity contribution in [3.05, 3.63) is 425 Å². The van der Waals surface area contributed by atoms with Crippen LogP contribution in [-0.4, -0.2) is 48.2 Å². The highest BCUT2D eigenvalue weighted by atomic mass is 15.2. The van der Waals surface area contributed by atoms with Gasteiger partial charge in [0.1, 0.15) is 0 Å². The molecule has 0 saturated heterocycles. The van der Waals surface area contributed by atoms with E-state index in [1.807, 2.05) is 60.7 Å². The monoisotopic (exact) mass is 1510 g/mol. The van der Waals surface area contributed by atoms with Crippen LogP contribution in [0.2, 0.25) is 0 Å². The maximum Gasteiger partial charge on any atom is 0.238 e. The van der Waals surface area contributed by atoms with Gasteiger partial charge in [0.2, 0.25) is 11.9 Å². The minimum absolute atomic E-state index is 0.555. The Labute approximate surface area is 680 Å². The van der Waals surface area contributed by atoms with Crippen molar-refractivity contribution in [1.82, 2.24) is 48.2 Å². The van der Waals surface area contributed by atoms with Crippen LogP contribution >= 0.6 is 0 Å². The van der Waals surface area contributed by atoms with Gasteiger partial charge >= 0.3 is 0 Å². The van der Waals surface area contributed by atoms with Gasteiger partial charge in [-0.3, -0.25) is 9.13 Å². The summed E-state index contributed by atoms with van der Waals surface area (Å²) in [6.45, 7) is 0. The summed E-state index contributed by atoms with van der Waals surface area (Å²) in [7, 11) is 0. The second-order valence-electron chi connectivity index (χ2n) is 29.7. The Morgan fingerprint density at radius 1 is 0.153 bits per heavy atom. The Bertz CT molecular complexity index is 7400. The van der Waals surface area contributed by atoms with Crippen LogP contribution in [0, 0.1) is 0 Å². The van der Waals surface area contributed by atoms with Crippen molar-refractivity contribution in [2.45, 2.75) is 0 Å².